The number of hydrogen-bond acceptors (Lipinski definition) is 6. The van der Waals surface area contributed by atoms with E-state index in [0.29, 0.717) is 19.0 Å². The number of hydrogen-bond donors (Lipinski definition) is 1. The van der Waals surface area contributed by atoms with Crippen molar-refractivity contribution in [3.63, 3.8) is 0 Å². The lowest BCUT2D eigenvalue weighted by atomic mass is 10.2. The fraction of sp³-hybridized carbons (Fsp3) is 0.364. The molecule has 0 aliphatic rings. The quantitative estimate of drug-likeness (QED) is 0.469. The molecule has 0 saturated carbocycles. The zero-order valence-corrected chi connectivity index (χ0v) is 18.0. The van der Waals surface area contributed by atoms with Crippen LogP contribution in [0.4, 0.5) is 5.82 Å². The fourth-order valence-electron chi connectivity index (χ4n) is 3.66. The highest BCUT2D eigenvalue weighted by molar-refractivity contribution is 5.87. The van der Waals surface area contributed by atoms with E-state index in [9.17, 15) is 0 Å². The van der Waals surface area contributed by atoms with Crippen LogP contribution in [0.5, 0.6) is 5.75 Å². The molecule has 8 nitrogen and oxygen atoms in total. The molecule has 30 heavy (non-hydrogen) atoms. The molecule has 0 unspecified atom stereocenters. The van der Waals surface area contributed by atoms with Gasteiger partial charge in [-0.1, -0.05) is 18.2 Å². The maximum Gasteiger partial charge on any atom is 0.166 e. The molecule has 0 spiro atoms. The predicted molar refractivity (Wildman–Crippen MR) is 118 cm³/mol. The molecule has 0 aliphatic heterocycles. The van der Waals surface area contributed by atoms with E-state index in [2.05, 4.69) is 45.7 Å². The van der Waals surface area contributed by atoms with Gasteiger partial charge < -0.3 is 14.6 Å². The molecule has 156 valence electrons. The first-order valence-corrected chi connectivity index (χ1v) is 10.1. The Hall–Kier alpha value is -3.42. The first-order chi connectivity index (χ1) is 14.5. The Kier molecular flexibility index (Phi) is 5.39. The number of para-hydroxylation sites is 1. The maximum absolute atomic E-state index is 5.77. The van der Waals surface area contributed by atoms with Crippen LogP contribution in [0.1, 0.15) is 31.3 Å². The highest BCUT2D eigenvalue weighted by Gasteiger charge is 2.23. The number of aryl methyl sites for hydroxylation is 2. The first kappa shape index (κ1) is 19.9. The third-order valence-corrected chi connectivity index (χ3v) is 5.13. The van der Waals surface area contributed by atoms with Crippen LogP contribution in [-0.2, 0) is 7.05 Å². The summed E-state index contributed by atoms with van der Waals surface area (Å²) < 4.78 is 9.81. The number of imidazole rings is 1. The van der Waals surface area contributed by atoms with Crippen molar-refractivity contribution >= 4 is 17.0 Å². The minimum atomic E-state index is 0.188. The lowest BCUT2D eigenvalue weighted by Crippen LogP contribution is -2.13. The zero-order chi connectivity index (χ0) is 21.3. The van der Waals surface area contributed by atoms with Gasteiger partial charge in [-0.05, 0) is 39.8 Å². The smallest absolute Gasteiger partial charge is 0.166 e. The molecule has 0 fully saturated rings. The molecule has 4 rings (SSSR count). The monoisotopic (exact) mass is 405 g/mol. The molecule has 0 atom stereocenters. The molecule has 1 N–H and O–H groups in total. The van der Waals surface area contributed by atoms with Crippen LogP contribution < -0.4 is 10.1 Å². The first-order valence-electron chi connectivity index (χ1n) is 10.1. The van der Waals surface area contributed by atoms with E-state index >= 15 is 0 Å². The van der Waals surface area contributed by atoms with Crippen LogP contribution in [0.2, 0.25) is 0 Å². The van der Waals surface area contributed by atoms with Gasteiger partial charge >= 0.3 is 0 Å². The molecule has 3 heterocycles. The Morgan fingerprint density at radius 3 is 2.53 bits per heavy atom. The lowest BCUT2D eigenvalue weighted by Gasteiger charge is -2.12. The van der Waals surface area contributed by atoms with Gasteiger partial charge in [0.15, 0.2) is 17.0 Å². The Balaban J connectivity index is 1.66. The minimum absolute atomic E-state index is 0.188. The highest BCUT2D eigenvalue weighted by Crippen LogP contribution is 2.33. The summed E-state index contributed by atoms with van der Waals surface area (Å²) in [6, 6.07) is 9.96. The summed E-state index contributed by atoms with van der Waals surface area (Å²) >= 11 is 0. The molecule has 0 amide bonds. The van der Waals surface area contributed by atoms with Gasteiger partial charge in [-0.3, -0.25) is 4.68 Å². The predicted octanol–water partition coefficient (Wildman–Crippen LogP) is 3.92. The molecule has 1 aromatic carbocycles. The Labute approximate surface area is 175 Å². The van der Waals surface area contributed by atoms with Crippen LogP contribution in [0.3, 0.4) is 0 Å². The van der Waals surface area contributed by atoms with E-state index in [0.717, 1.165) is 39.7 Å². The second-order valence-corrected chi connectivity index (χ2v) is 7.55. The Bertz CT molecular complexity index is 1160. The van der Waals surface area contributed by atoms with E-state index in [-0.39, 0.29) is 6.04 Å². The topological polar surface area (TPSA) is 82.7 Å². The molecular weight excluding hydrogens is 378 g/mol. The fourth-order valence-corrected chi connectivity index (χ4v) is 3.66. The molecule has 0 bridgehead atoms. The molecule has 8 heteroatoms. The SMILES string of the molecule is Cc1nn(C)c(C)c1-c1nc2c(NCCOc3ccccc3)ncnc2n1C(C)C. The van der Waals surface area contributed by atoms with E-state index in [4.69, 9.17) is 9.72 Å². The van der Waals surface area contributed by atoms with Crippen molar-refractivity contribution in [3.05, 3.63) is 48.0 Å². The largest absolute Gasteiger partial charge is 0.492 e. The van der Waals surface area contributed by atoms with Gasteiger partial charge in [-0.15, -0.1) is 0 Å². The van der Waals surface area contributed by atoms with E-state index in [1.165, 1.54) is 0 Å². The lowest BCUT2D eigenvalue weighted by molar-refractivity contribution is 0.333. The second-order valence-electron chi connectivity index (χ2n) is 7.55. The van der Waals surface area contributed by atoms with Crippen LogP contribution in [-0.4, -0.2) is 42.5 Å². The third kappa shape index (κ3) is 3.60. The summed E-state index contributed by atoms with van der Waals surface area (Å²) in [4.78, 5) is 13.9. The van der Waals surface area contributed by atoms with Crippen molar-refractivity contribution in [2.24, 2.45) is 7.05 Å². The highest BCUT2D eigenvalue weighted by atomic mass is 16.5. The van der Waals surface area contributed by atoms with Gasteiger partial charge in [-0.25, -0.2) is 15.0 Å². The normalized spacial score (nSPS) is 11.4. The van der Waals surface area contributed by atoms with Crippen molar-refractivity contribution in [2.45, 2.75) is 33.7 Å². The van der Waals surface area contributed by atoms with Crippen LogP contribution in [0.25, 0.3) is 22.6 Å². The van der Waals surface area contributed by atoms with Gasteiger partial charge in [0.25, 0.3) is 0 Å². The number of ether oxygens (including phenoxy) is 1. The number of anilines is 1. The molecule has 0 radical (unpaired) electrons. The average Bonchev–Trinajstić information content (AvgIpc) is 3.23. The van der Waals surface area contributed by atoms with Crippen LogP contribution in [0.15, 0.2) is 36.7 Å². The summed E-state index contributed by atoms with van der Waals surface area (Å²) in [5.74, 6) is 2.42. The van der Waals surface area contributed by atoms with Gasteiger partial charge in [-0.2, -0.15) is 5.10 Å². The Morgan fingerprint density at radius 1 is 1.10 bits per heavy atom. The van der Waals surface area contributed by atoms with Crippen LogP contribution >= 0.6 is 0 Å². The van der Waals surface area contributed by atoms with Gasteiger partial charge in [0, 0.05) is 18.8 Å². The molecule has 4 aromatic rings. The molecule has 0 aliphatic carbocycles. The summed E-state index contributed by atoms with van der Waals surface area (Å²) in [5.41, 5.74) is 4.63. The van der Waals surface area contributed by atoms with Crippen molar-refractivity contribution in [3.8, 4) is 17.1 Å². The minimum Gasteiger partial charge on any atom is -0.492 e. The molecular formula is C22H27N7O. The number of benzene rings is 1. The van der Waals surface area contributed by atoms with Gasteiger partial charge in [0.1, 0.15) is 24.5 Å². The van der Waals surface area contributed by atoms with Crippen molar-refractivity contribution < 1.29 is 4.74 Å². The maximum atomic E-state index is 5.77. The van der Waals surface area contributed by atoms with Gasteiger partial charge in [0.05, 0.1) is 17.8 Å². The Morgan fingerprint density at radius 2 is 1.87 bits per heavy atom. The van der Waals surface area contributed by atoms with Crippen molar-refractivity contribution in [2.75, 3.05) is 18.5 Å². The van der Waals surface area contributed by atoms with E-state index in [1.807, 2.05) is 49.0 Å². The standard InChI is InChI=1S/C22H27N7O/c1-14(2)29-21(18-15(3)27-28(5)16(18)4)26-19-20(24-13-25-22(19)29)23-11-12-30-17-9-7-6-8-10-17/h6-10,13-14H,11-12H2,1-5H3,(H,23,24,25). The molecule has 0 saturated heterocycles. The summed E-state index contributed by atoms with van der Waals surface area (Å²) in [7, 11) is 1.95. The zero-order valence-electron chi connectivity index (χ0n) is 18.0. The van der Waals surface area contributed by atoms with Crippen molar-refractivity contribution in [1.82, 2.24) is 29.3 Å². The summed E-state index contributed by atoms with van der Waals surface area (Å²) in [5, 5.41) is 7.92. The van der Waals surface area contributed by atoms with Crippen LogP contribution in [0, 0.1) is 13.8 Å². The average molecular weight is 406 g/mol. The third-order valence-electron chi connectivity index (χ3n) is 5.13. The number of fused-ring (bicyclic) bond motifs is 1. The van der Waals surface area contributed by atoms with E-state index < -0.39 is 0 Å². The number of nitrogens with one attached hydrogen (secondary N) is 1. The van der Waals surface area contributed by atoms with Gasteiger partial charge in [0.2, 0.25) is 0 Å². The number of aromatic nitrogens is 6. The van der Waals surface area contributed by atoms with Crippen molar-refractivity contribution in [1.29, 1.82) is 0 Å². The number of rotatable bonds is 7. The number of nitrogens with zero attached hydrogens (tertiary/aromatic N) is 6. The second kappa shape index (κ2) is 8.14. The van der Waals surface area contributed by atoms with E-state index in [1.54, 1.807) is 6.33 Å². The summed E-state index contributed by atoms with van der Waals surface area (Å²) in [6.07, 6.45) is 1.58. The molecule has 3 aromatic heterocycles. The summed E-state index contributed by atoms with van der Waals surface area (Å²) in [6.45, 7) is 9.47.